The van der Waals surface area contributed by atoms with Crippen LogP contribution in [0.3, 0.4) is 0 Å². The predicted molar refractivity (Wildman–Crippen MR) is 91.7 cm³/mol. The van der Waals surface area contributed by atoms with Gasteiger partial charge in [0, 0.05) is 12.1 Å². The summed E-state index contributed by atoms with van der Waals surface area (Å²) in [6.45, 7) is 6.64. The van der Waals surface area contributed by atoms with Gasteiger partial charge in [0.15, 0.2) is 0 Å². The van der Waals surface area contributed by atoms with E-state index in [-0.39, 0.29) is 30.7 Å². The Hall–Kier alpha value is -2.43. The molecule has 5 heteroatoms. The number of amides is 3. The van der Waals surface area contributed by atoms with E-state index < -0.39 is 5.92 Å². The van der Waals surface area contributed by atoms with Crippen LogP contribution in [0.15, 0.2) is 42.0 Å². The lowest BCUT2D eigenvalue weighted by molar-refractivity contribution is -0.138. The Kier molecular flexibility index (Phi) is 5.90. The van der Waals surface area contributed by atoms with E-state index in [1.54, 1.807) is 13.0 Å². The minimum absolute atomic E-state index is 0.0630. The largest absolute Gasteiger partial charge is 0.355 e. The van der Waals surface area contributed by atoms with Gasteiger partial charge in [0.2, 0.25) is 11.8 Å². The Morgan fingerprint density at radius 3 is 2.50 bits per heavy atom. The summed E-state index contributed by atoms with van der Waals surface area (Å²) >= 11 is 0. The number of carbonyl (C=O) groups is 3. The molecule has 1 aromatic rings. The Morgan fingerprint density at radius 2 is 1.88 bits per heavy atom. The lowest BCUT2D eigenvalue weighted by Gasteiger charge is -2.14. The first-order valence-corrected chi connectivity index (χ1v) is 8.25. The molecule has 0 bridgehead atoms. The van der Waals surface area contributed by atoms with Gasteiger partial charge < -0.3 is 5.32 Å². The summed E-state index contributed by atoms with van der Waals surface area (Å²) < 4.78 is 0. The van der Waals surface area contributed by atoms with Gasteiger partial charge in [-0.05, 0) is 11.5 Å². The van der Waals surface area contributed by atoms with Crippen LogP contribution in [0.4, 0.5) is 0 Å². The van der Waals surface area contributed by atoms with E-state index >= 15 is 0 Å². The second kappa shape index (κ2) is 7.90. The Balaban J connectivity index is 2.03. The lowest BCUT2D eigenvalue weighted by atomic mass is 10.1. The summed E-state index contributed by atoms with van der Waals surface area (Å²) in [7, 11) is 0. The molecular formula is C19H24N2O3. The minimum Gasteiger partial charge on any atom is -0.355 e. The van der Waals surface area contributed by atoms with Crippen molar-refractivity contribution in [3.05, 3.63) is 47.5 Å². The van der Waals surface area contributed by atoms with E-state index in [4.69, 9.17) is 0 Å². The molecule has 1 aliphatic heterocycles. The Labute approximate surface area is 142 Å². The quantitative estimate of drug-likeness (QED) is 0.643. The molecule has 0 aromatic heterocycles. The van der Waals surface area contributed by atoms with Gasteiger partial charge in [-0.1, -0.05) is 57.2 Å². The van der Waals surface area contributed by atoms with Gasteiger partial charge in [0.05, 0.1) is 18.9 Å². The summed E-state index contributed by atoms with van der Waals surface area (Å²) in [6, 6.07) is 9.39. The average molecular weight is 328 g/mol. The number of nitrogens with zero attached hydrogens (tertiary/aromatic N) is 1. The van der Waals surface area contributed by atoms with Crippen LogP contribution in [-0.2, 0) is 20.9 Å². The van der Waals surface area contributed by atoms with Crippen LogP contribution in [0.5, 0.6) is 0 Å². The monoisotopic (exact) mass is 328 g/mol. The predicted octanol–water partition coefficient (Wildman–Crippen LogP) is 2.28. The lowest BCUT2D eigenvalue weighted by Crippen LogP contribution is -2.32. The van der Waals surface area contributed by atoms with Gasteiger partial charge in [-0.3, -0.25) is 19.3 Å². The Morgan fingerprint density at radius 1 is 1.21 bits per heavy atom. The van der Waals surface area contributed by atoms with E-state index in [0.29, 0.717) is 18.0 Å². The van der Waals surface area contributed by atoms with Crippen LogP contribution in [0.25, 0.3) is 0 Å². The van der Waals surface area contributed by atoms with Crippen LogP contribution in [0, 0.1) is 11.8 Å². The van der Waals surface area contributed by atoms with Crippen LogP contribution < -0.4 is 5.32 Å². The van der Waals surface area contributed by atoms with Crippen LogP contribution in [-0.4, -0.2) is 29.2 Å². The number of hydrogen-bond donors (Lipinski definition) is 1. The summed E-state index contributed by atoms with van der Waals surface area (Å²) in [5, 5.41) is 2.84. The Bertz CT molecular complexity index is 650. The molecule has 0 saturated carbocycles. The zero-order valence-corrected chi connectivity index (χ0v) is 14.4. The van der Waals surface area contributed by atoms with Crippen molar-refractivity contribution in [1.82, 2.24) is 10.2 Å². The van der Waals surface area contributed by atoms with Gasteiger partial charge in [-0.15, -0.1) is 0 Å². The number of nitrogens with one attached hydrogen (secondary N) is 1. The van der Waals surface area contributed by atoms with E-state index in [9.17, 15) is 14.4 Å². The molecule has 1 fully saturated rings. The molecule has 2 rings (SSSR count). The fourth-order valence-corrected chi connectivity index (χ4v) is 2.52. The van der Waals surface area contributed by atoms with E-state index in [1.165, 1.54) is 4.90 Å². The van der Waals surface area contributed by atoms with Gasteiger partial charge in [-0.2, -0.15) is 0 Å². The first kappa shape index (κ1) is 17.9. The molecule has 128 valence electrons. The molecule has 1 heterocycles. The highest BCUT2D eigenvalue weighted by atomic mass is 16.2. The van der Waals surface area contributed by atoms with Crippen molar-refractivity contribution in [3.8, 4) is 0 Å². The van der Waals surface area contributed by atoms with Crippen molar-refractivity contribution in [1.29, 1.82) is 0 Å². The fraction of sp³-hybridized carbons (Fsp3) is 0.421. The van der Waals surface area contributed by atoms with Crippen LogP contribution >= 0.6 is 0 Å². The topological polar surface area (TPSA) is 66.5 Å². The van der Waals surface area contributed by atoms with Crippen molar-refractivity contribution in [2.24, 2.45) is 11.8 Å². The van der Waals surface area contributed by atoms with E-state index in [2.05, 4.69) is 5.32 Å². The van der Waals surface area contributed by atoms with Crippen LogP contribution in [0.2, 0.25) is 0 Å². The molecule has 1 saturated heterocycles. The third-order valence-corrected chi connectivity index (χ3v) is 3.90. The molecular weight excluding hydrogens is 304 g/mol. The second-order valence-corrected chi connectivity index (χ2v) is 6.57. The maximum absolute atomic E-state index is 12.4. The van der Waals surface area contributed by atoms with E-state index in [0.717, 1.165) is 5.56 Å². The van der Waals surface area contributed by atoms with Crippen molar-refractivity contribution < 1.29 is 14.4 Å². The fourth-order valence-electron chi connectivity index (χ4n) is 2.52. The number of likely N-dealkylation sites (tertiary alicyclic amines) is 1. The summed E-state index contributed by atoms with van der Waals surface area (Å²) in [4.78, 5) is 37.9. The maximum Gasteiger partial charge on any atom is 0.256 e. The highest BCUT2D eigenvalue weighted by Gasteiger charge is 2.34. The number of imide groups is 1. The summed E-state index contributed by atoms with van der Waals surface area (Å²) in [5.41, 5.74) is 1.31. The molecule has 0 aliphatic carbocycles. The zero-order chi connectivity index (χ0) is 17.7. The number of benzene rings is 1. The molecule has 24 heavy (non-hydrogen) atoms. The van der Waals surface area contributed by atoms with Crippen molar-refractivity contribution in [2.45, 2.75) is 33.7 Å². The second-order valence-electron chi connectivity index (χ2n) is 6.57. The van der Waals surface area contributed by atoms with Gasteiger partial charge >= 0.3 is 0 Å². The number of rotatable bonds is 6. The smallest absolute Gasteiger partial charge is 0.256 e. The van der Waals surface area contributed by atoms with Gasteiger partial charge in [0.1, 0.15) is 0 Å². The standard InChI is InChI=1S/C19H24N2O3/c1-13(2)11-20-18(23)14(3)9-16-10-17(22)21(19(16)24)12-15-7-5-4-6-8-15/h4-9,13-14H,10-12H2,1-3H3,(H,20,23)/b16-9+. The molecule has 1 atom stereocenters. The van der Waals surface area contributed by atoms with Crippen LogP contribution in [0.1, 0.15) is 32.8 Å². The summed E-state index contributed by atoms with van der Waals surface area (Å²) in [6.07, 6.45) is 1.67. The number of carbonyl (C=O) groups excluding carboxylic acids is 3. The average Bonchev–Trinajstić information content (AvgIpc) is 2.81. The highest BCUT2D eigenvalue weighted by Crippen LogP contribution is 2.22. The third kappa shape index (κ3) is 4.54. The third-order valence-electron chi connectivity index (χ3n) is 3.90. The van der Waals surface area contributed by atoms with E-state index in [1.807, 2.05) is 44.2 Å². The maximum atomic E-state index is 12.4. The molecule has 1 aliphatic rings. The number of hydrogen-bond acceptors (Lipinski definition) is 3. The van der Waals surface area contributed by atoms with Crippen molar-refractivity contribution in [2.75, 3.05) is 6.54 Å². The minimum atomic E-state index is -0.438. The molecule has 5 nitrogen and oxygen atoms in total. The highest BCUT2D eigenvalue weighted by molar-refractivity contribution is 6.13. The first-order chi connectivity index (χ1) is 11.4. The molecule has 1 unspecified atom stereocenters. The molecule has 0 radical (unpaired) electrons. The molecule has 3 amide bonds. The van der Waals surface area contributed by atoms with Crippen molar-refractivity contribution >= 4 is 17.7 Å². The van der Waals surface area contributed by atoms with Gasteiger partial charge in [-0.25, -0.2) is 0 Å². The van der Waals surface area contributed by atoms with Gasteiger partial charge in [0.25, 0.3) is 5.91 Å². The summed E-state index contributed by atoms with van der Waals surface area (Å²) in [5.74, 6) is -0.716. The zero-order valence-electron chi connectivity index (χ0n) is 14.4. The molecule has 1 N–H and O–H groups in total. The normalized spacial score (nSPS) is 17.7. The molecule has 0 spiro atoms. The van der Waals surface area contributed by atoms with Crippen molar-refractivity contribution in [3.63, 3.8) is 0 Å². The first-order valence-electron chi connectivity index (χ1n) is 8.25. The molecule has 1 aromatic carbocycles. The SMILES string of the molecule is CC(C)CNC(=O)C(C)/C=C1\CC(=O)N(Cc2ccccc2)C1=O.